The van der Waals surface area contributed by atoms with Crippen molar-refractivity contribution in [1.29, 1.82) is 0 Å². The van der Waals surface area contributed by atoms with Gasteiger partial charge in [0.25, 0.3) is 0 Å². The summed E-state index contributed by atoms with van der Waals surface area (Å²) in [6.45, 7) is 2.78. The molecule has 0 saturated carbocycles. The van der Waals surface area contributed by atoms with Crippen LogP contribution in [0.15, 0.2) is 24.3 Å². The minimum Gasteiger partial charge on any atom is -0.493 e. The number of methoxy groups -OCH3 is 1. The van der Waals surface area contributed by atoms with Crippen molar-refractivity contribution in [3.63, 3.8) is 0 Å². The quantitative estimate of drug-likeness (QED) is 0.769. The van der Waals surface area contributed by atoms with Gasteiger partial charge in [0.15, 0.2) is 11.5 Å². The van der Waals surface area contributed by atoms with Crippen LogP contribution < -0.4 is 15.2 Å². The van der Waals surface area contributed by atoms with Crippen molar-refractivity contribution in [2.24, 2.45) is 5.73 Å². The molecule has 1 heterocycles. The summed E-state index contributed by atoms with van der Waals surface area (Å²) >= 11 is 0. The molecule has 1 aliphatic heterocycles. The molecule has 112 valence electrons. The largest absolute Gasteiger partial charge is 0.493 e. The highest BCUT2D eigenvalue weighted by molar-refractivity contribution is 5.39. The van der Waals surface area contributed by atoms with Crippen molar-refractivity contribution in [1.82, 2.24) is 0 Å². The van der Waals surface area contributed by atoms with Gasteiger partial charge in [-0.1, -0.05) is 12.1 Å². The Balaban J connectivity index is 1.78. The Kier molecular flexibility index (Phi) is 5.64. The Bertz CT molecular complexity index is 405. The van der Waals surface area contributed by atoms with Crippen LogP contribution >= 0.6 is 0 Å². The number of rotatable bonds is 7. The van der Waals surface area contributed by atoms with E-state index >= 15 is 0 Å². The molecule has 2 N–H and O–H groups in total. The number of ether oxygens (including phenoxy) is 4. The van der Waals surface area contributed by atoms with Crippen LogP contribution in [0, 0.1) is 0 Å². The van der Waals surface area contributed by atoms with E-state index in [4.69, 9.17) is 24.7 Å². The molecule has 0 radical (unpaired) electrons. The third-order valence-electron chi connectivity index (χ3n) is 3.48. The second-order valence-corrected chi connectivity index (χ2v) is 4.89. The molecule has 0 aliphatic carbocycles. The van der Waals surface area contributed by atoms with Crippen molar-refractivity contribution in [3.8, 4) is 11.5 Å². The molecule has 5 heteroatoms. The molecular formula is C15H23NO4. The summed E-state index contributed by atoms with van der Waals surface area (Å²) in [5.41, 5.74) is 5.47. The first-order valence-corrected chi connectivity index (χ1v) is 6.97. The van der Waals surface area contributed by atoms with Gasteiger partial charge in [0.1, 0.15) is 12.2 Å². The van der Waals surface area contributed by atoms with E-state index in [1.54, 1.807) is 7.11 Å². The lowest BCUT2D eigenvalue weighted by molar-refractivity contribution is -0.127. The van der Waals surface area contributed by atoms with E-state index in [0.717, 1.165) is 30.9 Å². The predicted octanol–water partition coefficient (Wildman–Crippen LogP) is 1.60. The van der Waals surface area contributed by atoms with Crippen LogP contribution in [-0.4, -0.2) is 45.7 Å². The van der Waals surface area contributed by atoms with Gasteiger partial charge in [0.05, 0.1) is 20.3 Å². The van der Waals surface area contributed by atoms with Crippen molar-refractivity contribution in [2.45, 2.75) is 18.4 Å². The van der Waals surface area contributed by atoms with E-state index in [0.29, 0.717) is 26.4 Å². The molecule has 1 atom stereocenters. The molecule has 0 bridgehead atoms. The minimum atomic E-state index is -0.345. The monoisotopic (exact) mass is 281 g/mol. The number of para-hydroxylation sites is 2. The average molecular weight is 281 g/mol. The first kappa shape index (κ1) is 15.1. The third-order valence-corrected chi connectivity index (χ3v) is 3.48. The fourth-order valence-corrected chi connectivity index (χ4v) is 2.31. The Labute approximate surface area is 120 Å². The van der Waals surface area contributed by atoms with Gasteiger partial charge < -0.3 is 24.7 Å². The average Bonchev–Trinajstić information content (AvgIpc) is 2.53. The van der Waals surface area contributed by atoms with Crippen LogP contribution in [0.1, 0.15) is 12.8 Å². The van der Waals surface area contributed by atoms with Crippen LogP contribution in [0.25, 0.3) is 0 Å². The van der Waals surface area contributed by atoms with Gasteiger partial charge in [-0.25, -0.2) is 0 Å². The molecule has 5 nitrogen and oxygen atoms in total. The number of hydrogen-bond acceptors (Lipinski definition) is 5. The second-order valence-electron chi connectivity index (χ2n) is 4.89. The van der Waals surface area contributed by atoms with Gasteiger partial charge in [0.2, 0.25) is 0 Å². The molecule has 1 aromatic rings. The fourth-order valence-electron chi connectivity index (χ4n) is 2.31. The van der Waals surface area contributed by atoms with Crippen LogP contribution in [-0.2, 0) is 9.47 Å². The van der Waals surface area contributed by atoms with Crippen LogP contribution in [0.4, 0.5) is 0 Å². The summed E-state index contributed by atoms with van der Waals surface area (Å²) in [4.78, 5) is 0. The van der Waals surface area contributed by atoms with Gasteiger partial charge in [-0.15, -0.1) is 0 Å². The molecule has 1 unspecified atom stereocenters. The van der Waals surface area contributed by atoms with Crippen LogP contribution in [0.2, 0.25) is 0 Å². The molecular weight excluding hydrogens is 258 g/mol. The van der Waals surface area contributed by atoms with E-state index in [9.17, 15) is 0 Å². The lowest BCUT2D eigenvalue weighted by Crippen LogP contribution is -2.48. The molecule has 0 aromatic heterocycles. The van der Waals surface area contributed by atoms with Crippen molar-refractivity contribution in [3.05, 3.63) is 24.3 Å². The van der Waals surface area contributed by atoms with Crippen LogP contribution in [0.5, 0.6) is 11.5 Å². The van der Waals surface area contributed by atoms with Crippen LogP contribution in [0.3, 0.4) is 0 Å². The Hall–Kier alpha value is -1.30. The Morgan fingerprint density at radius 3 is 2.70 bits per heavy atom. The lowest BCUT2D eigenvalue weighted by atomic mass is 9.97. The summed E-state index contributed by atoms with van der Waals surface area (Å²) in [5, 5.41) is 0. The molecule has 0 amide bonds. The van der Waals surface area contributed by atoms with Gasteiger partial charge in [-0.05, 0) is 25.0 Å². The standard InChI is InChI=1S/C15H23NO4/c1-17-13-5-2-3-6-14(13)19-9-10-20-15(11-16)7-4-8-18-12-15/h2-3,5-6H,4,7-12,16H2,1H3. The van der Waals surface area contributed by atoms with Gasteiger partial charge in [0, 0.05) is 13.2 Å². The summed E-state index contributed by atoms with van der Waals surface area (Å²) < 4.78 is 22.3. The second kappa shape index (κ2) is 7.47. The maximum Gasteiger partial charge on any atom is 0.161 e. The van der Waals surface area contributed by atoms with E-state index < -0.39 is 0 Å². The summed E-state index contributed by atoms with van der Waals surface area (Å²) in [6.07, 6.45) is 1.93. The zero-order valence-electron chi connectivity index (χ0n) is 12.0. The highest BCUT2D eigenvalue weighted by Gasteiger charge is 2.32. The lowest BCUT2D eigenvalue weighted by Gasteiger charge is -2.35. The van der Waals surface area contributed by atoms with E-state index in [-0.39, 0.29) is 5.60 Å². The Morgan fingerprint density at radius 1 is 1.25 bits per heavy atom. The Morgan fingerprint density at radius 2 is 2.05 bits per heavy atom. The van der Waals surface area contributed by atoms with Crippen molar-refractivity contribution in [2.75, 3.05) is 40.1 Å². The van der Waals surface area contributed by atoms with Gasteiger partial charge >= 0.3 is 0 Å². The van der Waals surface area contributed by atoms with Gasteiger partial charge in [-0.3, -0.25) is 0 Å². The molecule has 1 fully saturated rings. The summed E-state index contributed by atoms with van der Waals surface area (Å²) in [5.74, 6) is 1.45. The highest BCUT2D eigenvalue weighted by Crippen LogP contribution is 2.26. The number of hydrogen-bond donors (Lipinski definition) is 1. The molecule has 0 spiro atoms. The topological polar surface area (TPSA) is 62.9 Å². The first-order chi connectivity index (χ1) is 9.79. The number of nitrogens with two attached hydrogens (primary N) is 1. The van der Waals surface area contributed by atoms with Gasteiger partial charge in [-0.2, -0.15) is 0 Å². The maximum atomic E-state index is 5.90. The normalized spacial score (nSPS) is 22.5. The zero-order chi connectivity index (χ0) is 14.3. The SMILES string of the molecule is COc1ccccc1OCCOC1(CN)CCCOC1. The predicted molar refractivity (Wildman–Crippen MR) is 76.3 cm³/mol. The molecule has 2 rings (SSSR count). The molecule has 20 heavy (non-hydrogen) atoms. The summed E-state index contributed by atoms with van der Waals surface area (Å²) in [6, 6.07) is 7.56. The third kappa shape index (κ3) is 3.85. The highest BCUT2D eigenvalue weighted by atomic mass is 16.6. The van der Waals surface area contributed by atoms with Crippen molar-refractivity contribution >= 4 is 0 Å². The first-order valence-electron chi connectivity index (χ1n) is 6.97. The van der Waals surface area contributed by atoms with E-state index in [1.165, 1.54) is 0 Å². The smallest absolute Gasteiger partial charge is 0.161 e. The minimum absolute atomic E-state index is 0.345. The summed E-state index contributed by atoms with van der Waals surface area (Å²) in [7, 11) is 1.63. The fraction of sp³-hybridized carbons (Fsp3) is 0.600. The zero-order valence-corrected chi connectivity index (χ0v) is 12.0. The molecule has 1 aromatic carbocycles. The number of benzene rings is 1. The van der Waals surface area contributed by atoms with E-state index in [1.807, 2.05) is 24.3 Å². The van der Waals surface area contributed by atoms with E-state index in [2.05, 4.69) is 0 Å². The van der Waals surface area contributed by atoms with Crippen molar-refractivity contribution < 1.29 is 18.9 Å². The maximum absolute atomic E-state index is 5.90. The molecule has 1 aliphatic rings. The molecule has 1 saturated heterocycles.